The van der Waals surface area contributed by atoms with E-state index in [1.807, 2.05) is 52.1 Å². The van der Waals surface area contributed by atoms with E-state index in [2.05, 4.69) is 15.5 Å². The monoisotopic (exact) mass is 304 g/mol. The highest BCUT2D eigenvalue weighted by Crippen LogP contribution is 2.20. The average molecular weight is 304 g/mol. The van der Waals surface area contributed by atoms with Crippen LogP contribution in [0.4, 0.5) is 0 Å². The predicted molar refractivity (Wildman–Crippen MR) is 84.6 cm³/mol. The van der Waals surface area contributed by atoms with Gasteiger partial charge < -0.3 is 9.88 Å². The summed E-state index contributed by atoms with van der Waals surface area (Å²) < 4.78 is 2.33. The van der Waals surface area contributed by atoms with Gasteiger partial charge in [0.15, 0.2) is 10.6 Å². The summed E-state index contributed by atoms with van der Waals surface area (Å²) in [5.41, 5.74) is 1.77. The maximum Gasteiger partial charge on any atom is 0.251 e. The van der Waals surface area contributed by atoms with Gasteiger partial charge in [-0.05, 0) is 37.2 Å². The van der Waals surface area contributed by atoms with Crippen LogP contribution in [0.25, 0.3) is 0 Å². The lowest BCUT2D eigenvalue weighted by Gasteiger charge is -2.21. The molecule has 1 amide bonds. The van der Waals surface area contributed by atoms with Crippen molar-refractivity contribution in [3.8, 4) is 0 Å². The van der Waals surface area contributed by atoms with E-state index in [0.29, 0.717) is 10.3 Å². The number of amides is 1. The summed E-state index contributed by atoms with van der Waals surface area (Å²) in [6.45, 7) is 6.07. The minimum absolute atomic E-state index is 0.109. The maximum absolute atomic E-state index is 12.4. The number of aryl methyl sites for hydroxylation is 1. The highest BCUT2D eigenvalue weighted by atomic mass is 32.1. The second-order valence-electron chi connectivity index (χ2n) is 5.51. The van der Waals surface area contributed by atoms with Gasteiger partial charge in [0.05, 0.1) is 6.04 Å². The van der Waals surface area contributed by atoms with Crippen LogP contribution in [-0.4, -0.2) is 20.7 Å². The molecule has 0 aliphatic heterocycles. The second kappa shape index (κ2) is 6.22. The number of hydrogen-bond acceptors (Lipinski definition) is 3. The molecular formula is C15H20N4OS. The summed E-state index contributed by atoms with van der Waals surface area (Å²) in [6, 6.07) is 7.30. The molecule has 0 fully saturated rings. The molecule has 0 bridgehead atoms. The molecule has 1 atom stereocenters. The van der Waals surface area contributed by atoms with E-state index in [4.69, 9.17) is 12.2 Å². The molecule has 0 saturated carbocycles. The Labute approximate surface area is 129 Å². The molecule has 0 aliphatic rings. The fourth-order valence-electron chi connectivity index (χ4n) is 2.10. The second-order valence-corrected chi connectivity index (χ2v) is 5.89. The van der Waals surface area contributed by atoms with Crippen LogP contribution in [-0.2, 0) is 7.05 Å². The van der Waals surface area contributed by atoms with Crippen LogP contribution in [0.5, 0.6) is 0 Å². The van der Waals surface area contributed by atoms with E-state index >= 15 is 0 Å². The first kappa shape index (κ1) is 15.4. The highest BCUT2D eigenvalue weighted by molar-refractivity contribution is 7.71. The quantitative estimate of drug-likeness (QED) is 0.854. The van der Waals surface area contributed by atoms with Gasteiger partial charge in [0.2, 0.25) is 0 Å². The van der Waals surface area contributed by atoms with Gasteiger partial charge in [0.25, 0.3) is 5.91 Å². The molecule has 2 aromatic rings. The summed E-state index contributed by atoms with van der Waals surface area (Å²) >= 11 is 5.13. The fraction of sp³-hybridized carbons (Fsp3) is 0.400. The zero-order valence-electron chi connectivity index (χ0n) is 12.7. The number of nitrogens with one attached hydrogen (secondary N) is 2. The molecular weight excluding hydrogens is 284 g/mol. The third-order valence-electron chi connectivity index (χ3n) is 3.46. The first-order chi connectivity index (χ1) is 9.90. The Morgan fingerprint density at radius 3 is 2.43 bits per heavy atom. The third-order valence-corrected chi connectivity index (χ3v) is 3.82. The van der Waals surface area contributed by atoms with Crippen molar-refractivity contribution in [2.24, 2.45) is 13.0 Å². The maximum atomic E-state index is 12.4. The molecule has 21 heavy (non-hydrogen) atoms. The van der Waals surface area contributed by atoms with Crippen LogP contribution in [0, 0.1) is 17.6 Å². The molecule has 5 nitrogen and oxygen atoms in total. The molecule has 6 heteroatoms. The van der Waals surface area contributed by atoms with E-state index in [9.17, 15) is 4.79 Å². The van der Waals surface area contributed by atoms with Gasteiger partial charge in [-0.25, -0.2) is 0 Å². The lowest BCUT2D eigenvalue weighted by Crippen LogP contribution is -2.33. The molecule has 1 unspecified atom stereocenters. The molecule has 1 heterocycles. The molecule has 1 aromatic heterocycles. The summed E-state index contributed by atoms with van der Waals surface area (Å²) in [5, 5.41) is 10.0. The zero-order valence-corrected chi connectivity index (χ0v) is 13.5. The topological polar surface area (TPSA) is 62.7 Å². The van der Waals surface area contributed by atoms with Crippen LogP contribution in [0.2, 0.25) is 0 Å². The van der Waals surface area contributed by atoms with Crippen LogP contribution in [0.1, 0.15) is 41.6 Å². The smallest absolute Gasteiger partial charge is 0.251 e. The number of nitrogens with zero attached hydrogens (tertiary/aromatic N) is 2. The number of aromatic amines is 1. The first-order valence-electron chi connectivity index (χ1n) is 6.89. The van der Waals surface area contributed by atoms with Crippen molar-refractivity contribution in [1.29, 1.82) is 0 Å². The Morgan fingerprint density at radius 2 is 1.95 bits per heavy atom. The number of carbonyl (C=O) groups is 1. The largest absolute Gasteiger partial charge is 0.342 e. The van der Waals surface area contributed by atoms with Gasteiger partial charge in [0.1, 0.15) is 0 Å². The van der Waals surface area contributed by atoms with E-state index in [1.54, 1.807) is 4.57 Å². The normalized spacial score (nSPS) is 12.4. The van der Waals surface area contributed by atoms with Crippen molar-refractivity contribution in [3.63, 3.8) is 0 Å². The SMILES string of the molecule is Cc1ccc(C(=O)NC(c2n[nH]c(=S)n2C)C(C)C)cc1. The van der Waals surface area contributed by atoms with Gasteiger partial charge in [-0.2, -0.15) is 5.10 Å². The predicted octanol–water partition coefficient (Wildman–Crippen LogP) is 2.91. The zero-order chi connectivity index (χ0) is 15.6. The number of H-pyrrole nitrogens is 1. The fourth-order valence-corrected chi connectivity index (χ4v) is 2.24. The average Bonchev–Trinajstić information content (AvgIpc) is 2.76. The van der Waals surface area contributed by atoms with Crippen LogP contribution in [0.3, 0.4) is 0 Å². The van der Waals surface area contributed by atoms with Crippen molar-refractivity contribution in [2.45, 2.75) is 26.8 Å². The van der Waals surface area contributed by atoms with E-state index in [-0.39, 0.29) is 17.9 Å². The summed E-state index contributed by atoms with van der Waals surface area (Å²) in [7, 11) is 1.84. The standard InChI is InChI=1S/C15H20N4OS/c1-9(2)12(13-17-18-15(21)19(13)4)16-14(20)11-7-5-10(3)6-8-11/h5-9,12H,1-4H3,(H,16,20)(H,18,21). The van der Waals surface area contributed by atoms with Crippen molar-refractivity contribution in [1.82, 2.24) is 20.1 Å². The van der Waals surface area contributed by atoms with Gasteiger partial charge in [-0.15, -0.1) is 0 Å². The van der Waals surface area contributed by atoms with Crippen LogP contribution < -0.4 is 5.32 Å². The molecule has 0 aliphatic carbocycles. The summed E-state index contributed by atoms with van der Waals surface area (Å²) in [4.78, 5) is 12.4. The van der Waals surface area contributed by atoms with Gasteiger partial charge in [-0.3, -0.25) is 9.89 Å². The molecule has 0 saturated heterocycles. The van der Waals surface area contributed by atoms with E-state index in [1.165, 1.54) is 0 Å². The van der Waals surface area contributed by atoms with Crippen LogP contribution in [0.15, 0.2) is 24.3 Å². The Balaban J connectivity index is 2.24. The Hall–Kier alpha value is -1.95. The Morgan fingerprint density at radius 1 is 1.33 bits per heavy atom. The number of carbonyl (C=O) groups excluding carboxylic acids is 1. The molecule has 0 radical (unpaired) electrons. The lowest BCUT2D eigenvalue weighted by molar-refractivity contribution is 0.0922. The van der Waals surface area contributed by atoms with Gasteiger partial charge in [0, 0.05) is 12.6 Å². The minimum Gasteiger partial charge on any atom is -0.342 e. The number of benzene rings is 1. The van der Waals surface area contributed by atoms with Gasteiger partial charge in [-0.1, -0.05) is 31.5 Å². The molecule has 2 N–H and O–H groups in total. The summed E-state index contributed by atoms with van der Waals surface area (Å²) in [5.74, 6) is 0.821. The summed E-state index contributed by atoms with van der Waals surface area (Å²) in [6.07, 6.45) is 0. The van der Waals surface area contributed by atoms with Crippen molar-refractivity contribution in [2.75, 3.05) is 0 Å². The number of rotatable bonds is 4. The molecule has 112 valence electrons. The van der Waals surface area contributed by atoms with Crippen molar-refractivity contribution in [3.05, 3.63) is 46.0 Å². The van der Waals surface area contributed by atoms with Crippen LogP contribution >= 0.6 is 12.2 Å². The Kier molecular flexibility index (Phi) is 4.57. The lowest BCUT2D eigenvalue weighted by atomic mass is 10.0. The third kappa shape index (κ3) is 3.39. The number of aromatic nitrogens is 3. The highest BCUT2D eigenvalue weighted by Gasteiger charge is 2.23. The van der Waals surface area contributed by atoms with E-state index in [0.717, 1.165) is 11.4 Å². The van der Waals surface area contributed by atoms with Crippen molar-refractivity contribution < 1.29 is 4.79 Å². The van der Waals surface area contributed by atoms with Crippen molar-refractivity contribution >= 4 is 18.1 Å². The Bertz CT molecular complexity index is 684. The molecule has 1 aromatic carbocycles. The first-order valence-corrected chi connectivity index (χ1v) is 7.29. The van der Waals surface area contributed by atoms with Gasteiger partial charge >= 0.3 is 0 Å². The van der Waals surface area contributed by atoms with E-state index < -0.39 is 0 Å². The molecule has 0 spiro atoms. The molecule has 2 rings (SSSR count). The minimum atomic E-state index is -0.197. The number of hydrogen-bond donors (Lipinski definition) is 2.